The summed E-state index contributed by atoms with van der Waals surface area (Å²) in [6, 6.07) is 7.10. The van der Waals surface area contributed by atoms with Crippen molar-refractivity contribution < 1.29 is 23.6 Å². The predicted octanol–water partition coefficient (Wildman–Crippen LogP) is 3.02. The van der Waals surface area contributed by atoms with Gasteiger partial charge in [-0.1, -0.05) is 17.3 Å². The van der Waals surface area contributed by atoms with Crippen molar-refractivity contribution >= 4 is 11.8 Å². The molecule has 1 saturated heterocycles. The minimum Gasteiger partial charge on any atom is -0.490 e. The lowest BCUT2D eigenvalue weighted by molar-refractivity contribution is -0.131. The van der Waals surface area contributed by atoms with Crippen LogP contribution in [0.5, 0.6) is 5.75 Å². The van der Waals surface area contributed by atoms with Crippen molar-refractivity contribution in [2.24, 2.45) is 0 Å². The number of aryl methyl sites for hydroxylation is 2. The van der Waals surface area contributed by atoms with E-state index in [9.17, 15) is 9.59 Å². The van der Waals surface area contributed by atoms with E-state index in [1.165, 1.54) is 0 Å². The molecule has 1 aliphatic rings. The summed E-state index contributed by atoms with van der Waals surface area (Å²) in [5.41, 5.74) is 2.25. The van der Waals surface area contributed by atoms with Crippen molar-refractivity contribution in [2.75, 3.05) is 26.4 Å². The number of hydrogen-bond donors (Lipinski definition) is 1. The van der Waals surface area contributed by atoms with Crippen molar-refractivity contribution in [1.82, 2.24) is 15.4 Å². The highest BCUT2D eigenvalue weighted by atomic mass is 16.5. The molecular formula is C23H31N3O5. The second-order valence-corrected chi connectivity index (χ2v) is 7.66. The maximum absolute atomic E-state index is 12.9. The lowest BCUT2D eigenvalue weighted by Crippen LogP contribution is -2.36. The van der Waals surface area contributed by atoms with Crippen LogP contribution in [-0.4, -0.2) is 54.3 Å². The van der Waals surface area contributed by atoms with Gasteiger partial charge in [0, 0.05) is 31.2 Å². The standard InChI is InChI=1S/C23H31N3O5/c1-4-29-13-14-30-21-8-6-5-7-19(21)23(28)24-18-9-10-22(27)26(12-11-18)15-20-16(2)25-31-17(20)3/h5-8,18H,4,9-15H2,1-3H3,(H,24,28). The third-order valence-electron chi connectivity index (χ3n) is 5.49. The van der Waals surface area contributed by atoms with Crippen LogP contribution < -0.4 is 10.1 Å². The largest absolute Gasteiger partial charge is 0.490 e. The molecule has 31 heavy (non-hydrogen) atoms. The first-order chi connectivity index (χ1) is 15.0. The van der Waals surface area contributed by atoms with Gasteiger partial charge in [-0.05, 0) is 45.7 Å². The summed E-state index contributed by atoms with van der Waals surface area (Å²) in [6.45, 7) is 8.19. The summed E-state index contributed by atoms with van der Waals surface area (Å²) in [7, 11) is 0. The van der Waals surface area contributed by atoms with Gasteiger partial charge < -0.3 is 24.2 Å². The van der Waals surface area contributed by atoms with E-state index in [1.807, 2.05) is 37.8 Å². The third kappa shape index (κ3) is 6.07. The number of carbonyl (C=O) groups excluding carboxylic acids is 2. The number of para-hydroxylation sites is 1. The SMILES string of the molecule is CCOCCOc1ccccc1C(=O)NC1CCC(=O)N(Cc2c(C)noc2C)CC1. The number of carbonyl (C=O) groups is 2. The molecule has 0 saturated carbocycles. The molecule has 1 atom stereocenters. The summed E-state index contributed by atoms with van der Waals surface area (Å²) >= 11 is 0. The fourth-order valence-corrected chi connectivity index (χ4v) is 3.66. The molecule has 1 unspecified atom stereocenters. The molecule has 1 aromatic heterocycles. The van der Waals surface area contributed by atoms with Crippen LogP contribution in [0.15, 0.2) is 28.8 Å². The van der Waals surface area contributed by atoms with E-state index in [2.05, 4.69) is 10.5 Å². The highest BCUT2D eigenvalue weighted by molar-refractivity contribution is 5.97. The van der Waals surface area contributed by atoms with Crippen LogP contribution in [0.2, 0.25) is 0 Å². The molecule has 1 N–H and O–H groups in total. The third-order valence-corrected chi connectivity index (χ3v) is 5.49. The van der Waals surface area contributed by atoms with Gasteiger partial charge >= 0.3 is 0 Å². The number of nitrogens with one attached hydrogen (secondary N) is 1. The molecule has 0 radical (unpaired) electrons. The molecule has 1 aliphatic heterocycles. The van der Waals surface area contributed by atoms with Crippen LogP contribution >= 0.6 is 0 Å². The Labute approximate surface area is 182 Å². The zero-order valence-electron chi connectivity index (χ0n) is 18.5. The quantitative estimate of drug-likeness (QED) is 0.616. The minimum atomic E-state index is -0.191. The fourth-order valence-electron chi connectivity index (χ4n) is 3.66. The number of likely N-dealkylation sites (tertiary alicyclic amines) is 1. The lowest BCUT2D eigenvalue weighted by Gasteiger charge is -2.21. The minimum absolute atomic E-state index is 0.0800. The van der Waals surface area contributed by atoms with Gasteiger partial charge in [0.25, 0.3) is 5.91 Å². The Balaban J connectivity index is 1.59. The maximum atomic E-state index is 12.9. The van der Waals surface area contributed by atoms with Gasteiger partial charge in [-0.25, -0.2) is 0 Å². The molecule has 168 valence electrons. The van der Waals surface area contributed by atoms with Crippen molar-refractivity contribution in [3.8, 4) is 5.75 Å². The molecular weight excluding hydrogens is 398 g/mol. The van der Waals surface area contributed by atoms with Gasteiger partial charge in [0.2, 0.25) is 5.91 Å². The van der Waals surface area contributed by atoms with Gasteiger partial charge in [0.1, 0.15) is 18.1 Å². The summed E-state index contributed by atoms with van der Waals surface area (Å²) < 4.78 is 16.2. The Hall–Kier alpha value is -2.87. The molecule has 0 aliphatic carbocycles. The fraction of sp³-hybridized carbons (Fsp3) is 0.522. The summed E-state index contributed by atoms with van der Waals surface area (Å²) in [6.07, 6.45) is 1.69. The molecule has 1 aromatic carbocycles. The summed E-state index contributed by atoms with van der Waals surface area (Å²) in [5.74, 6) is 1.16. The predicted molar refractivity (Wildman–Crippen MR) is 115 cm³/mol. The average Bonchev–Trinajstić information content (AvgIpc) is 2.98. The summed E-state index contributed by atoms with van der Waals surface area (Å²) in [4.78, 5) is 27.3. The number of benzene rings is 1. The van der Waals surface area contributed by atoms with Crippen molar-refractivity contribution in [2.45, 2.75) is 52.6 Å². The molecule has 8 heteroatoms. The van der Waals surface area contributed by atoms with Crippen LogP contribution in [0, 0.1) is 13.8 Å². The molecule has 8 nitrogen and oxygen atoms in total. The number of nitrogens with zero attached hydrogens (tertiary/aromatic N) is 2. The van der Waals surface area contributed by atoms with Crippen LogP contribution in [0.25, 0.3) is 0 Å². The van der Waals surface area contributed by atoms with E-state index >= 15 is 0 Å². The van der Waals surface area contributed by atoms with Gasteiger partial charge in [-0.15, -0.1) is 0 Å². The first kappa shape index (κ1) is 22.8. The zero-order chi connectivity index (χ0) is 22.2. The van der Waals surface area contributed by atoms with Crippen LogP contribution in [-0.2, 0) is 16.1 Å². The topological polar surface area (TPSA) is 93.9 Å². The number of hydrogen-bond acceptors (Lipinski definition) is 6. The lowest BCUT2D eigenvalue weighted by atomic mass is 10.1. The highest BCUT2D eigenvalue weighted by Crippen LogP contribution is 2.21. The van der Waals surface area contributed by atoms with E-state index in [1.54, 1.807) is 12.1 Å². The Kier molecular flexibility index (Phi) is 8.06. The molecule has 2 aromatic rings. The normalized spacial score (nSPS) is 16.8. The Morgan fingerprint density at radius 3 is 2.81 bits per heavy atom. The van der Waals surface area contributed by atoms with E-state index in [-0.39, 0.29) is 17.9 Å². The van der Waals surface area contributed by atoms with Crippen LogP contribution in [0.4, 0.5) is 0 Å². The first-order valence-corrected chi connectivity index (χ1v) is 10.8. The number of aromatic nitrogens is 1. The zero-order valence-corrected chi connectivity index (χ0v) is 18.5. The molecule has 3 rings (SSSR count). The van der Waals surface area contributed by atoms with Gasteiger partial charge in [0.05, 0.1) is 24.4 Å². The molecule has 2 heterocycles. The average molecular weight is 430 g/mol. The maximum Gasteiger partial charge on any atom is 0.255 e. The second-order valence-electron chi connectivity index (χ2n) is 7.66. The molecule has 0 spiro atoms. The van der Waals surface area contributed by atoms with Crippen LogP contribution in [0.3, 0.4) is 0 Å². The molecule has 1 fully saturated rings. The van der Waals surface area contributed by atoms with Gasteiger partial charge in [-0.3, -0.25) is 9.59 Å². The molecule has 0 bridgehead atoms. The van der Waals surface area contributed by atoms with E-state index in [0.717, 1.165) is 17.0 Å². The van der Waals surface area contributed by atoms with Crippen molar-refractivity contribution in [3.05, 3.63) is 46.8 Å². The van der Waals surface area contributed by atoms with E-state index in [0.29, 0.717) is 63.5 Å². The van der Waals surface area contributed by atoms with Crippen molar-refractivity contribution in [3.63, 3.8) is 0 Å². The number of ether oxygens (including phenoxy) is 2. The van der Waals surface area contributed by atoms with Crippen LogP contribution in [0.1, 0.15) is 53.6 Å². The summed E-state index contributed by atoms with van der Waals surface area (Å²) in [5, 5.41) is 7.05. The van der Waals surface area contributed by atoms with Crippen molar-refractivity contribution in [1.29, 1.82) is 0 Å². The Bertz CT molecular complexity index is 876. The highest BCUT2D eigenvalue weighted by Gasteiger charge is 2.26. The van der Waals surface area contributed by atoms with Gasteiger partial charge in [-0.2, -0.15) is 0 Å². The first-order valence-electron chi connectivity index (χ1n) is 10.8. The Morgan fingerprint density at radius 1 is 1.26 bits per heavy atom. The van der Waals surface area contributed by atoms with Gasteiger partial charge in [0.15, 0.2) is 0 Å². The monoisotopic (exact) mass is 429 g/mol. The van der Waals surface area contributed by atoms with E-state index in [4.69, 9.17) is 14.0 Å². The smallest absolute Gasteiger partial charge is 0.255 e. The number of rotatable bonds is 9. The Morgan fingerprint density at radius 2 is 2.06 bits per heavy atom. The second kappa shape index (κ2) is 10.9. The number of amides is 2. The van der Waals surface area contributed by atoms with E-state index < -0.39 is 0 Å². The molecule has 2 amide bonds.